The molecule has 0 saturated heterocycles. The first kappa shape index (κ1) is 6.88. The van der Waals surface area contributed by atoms with Crippen LogP contribution < -0.4 is 0 Å². The van der Waals surface area contributed by atoms with Gasteiger partial charge in [-0.05, 0) is 0 Å². The van der Waals surface area contributed by atoms with Crippen LogP contribution >= 0.6 is 0 Å². The lowest BCUT2D eigenvalue weighted by Crippen LogP contribution is -2.14. The predicted molar refractivity (Wildman–Crippen MR) is 25.2 cm³/mol. The number of hydroxylamine groups is 2. The summed E-state index contributed by atoms with van der Waals surface area (Å²) in [6.07, 6.45) is 0. The van der Waals surface area contributed by atoms with Crippen LogP contribution in [0.15, 0.2) is 0 Å². The largest absolute Gasteiger partial charge is 0.297 e. The van der Waals surface area contributed by atoms with Crippen LogP contribution in [0.25, 0.3) is 0 Å². The molecular formula is C4H10NO2. The molecule has 0 aliphatic rings. The number of hydrogen-bond donors (Lipinski definition) is 0. The minimum atomic E-state index is -0.168. The summed E-state index contributed by atoms with van der Waals surface area (Å²) in [4.78, 5) is 4.71. The third kappa shape index (κ3) is 5.88. The molecule has 0 atom stereocenters. The van der Waals surface area contributed by atoms with E-state index in [1.165, 1.54) is 5.06 Å². The second kappa shape index (κ2) is 4.05. The van der Waals surface area contributed by atoms with Gasteiger partial charge in [-0.1, -0.05) is 0 Å². The molecule has 0 unspecified atom stereocenters. The minimum Gasteiger partial charge on any atom is -0.297 e. The van der Waals surface area contributed by atoms with Crippen molar-refractivity contribution < 1.29 is 9.94 Å². The van der Waals surface area contributed by atoms with Crippen LogP contribution in [-0.2, 0) is 9.94 Å². The minimum absolute atomic E-state index is 0.168. The molecule has 43 valence electrons. The topological polar surface area (TPSA) is 32.4 Å². The molecule has 0 rings (SSSR count). The Labute approximate surface area is 43.5 Å². The van der Waals surface area contributed by atoms with Crippen molar-refractivity contribution in [1.82, 2.24) is 5.06 Å². The monoisotopic (exact) mass is 104 g/mol. The maximum absolute atomic E-state index is 9.68. The van der Waals surface area contributed by atoms with E-state index >= 15 is 0 Å². The summed E-state index contributed by atoms with van der Waals surface area (Å²) in [7, 11) is 3.49. The Bertz CT molecular complexity index is 38.7. The van der Waals surface area contributed by atoms with Crippen LogP contribution in [0, 0.1) is 0 Å². The first-order valence-electron chi connectivity index (χ1n) is 2.15. The van der Waals surface area contributed by atoms with Gasteiger partial charge in [-0.15, -0.1) is 0 Å². The van der Waals surface area contributed by atoms with Crippen molar-refractivity contribution in [3.8, 4) is 0 Å². The van der Waals surface area contributed by atoms with E-state index in [-0.39, 0.29) is 13.2 Å². The van der Waals surface area contributed by atoms with Crippen LogP contribution in [0.4, 0.5) is 0 Å². The van der Waals surface area contributed by atoms with Gasteiger partial charge in [0.25, 0.3) is 0 Å². The molecule has 3 heteroatoms. The second-order valence-electron chi connectivity index (χ2n) is 1.35. The summed E-state index contributed by atoms with van der Waals surface area (Å²) in [5.74, 6) is 0. The molecule has 0 aromatic carbocycles. The molecule has 0 fully saturated rings. The average Bonchev–Trinajstić information content (AvgIpc) is 1.61. The molecule has 0 aromatic heterocycles. The fraction of sp³-hybridized carbons (Fsp3) is 1.00. The fourth-order valence-electron chi connectivity index (χ4n) is 0.220. The Kier molecular flexibility index (Phi) is 3.98. The summed E-state index contributed by atoms with van der Waals surface area (Å²) >= 11 is 0. The van der Waals surface area contributed by atoms with Gasteiger partial charge in [0, 0.05) is 14.1 Å². The zero-order chi connectivity index (χ0) is 5.70. The van der Waals surface area contributed by atoms with Crippen molar-refractivity contribution in [3.63, 3.8) is 0 Å². The molecule has 0 amide bonds. The van der Waals surface area contributed by atoms with E-state index in [2.05, 4.69) is 0 Å². The lowest BCUT2D eigenvalue weighted by molar-refractivity contribution is -0.133. The van der Waals surface area contributed by atoms with E-state index in [0.29, 0.717) is 0 Å². The fourth-order valence-corrected chi connectivity index (χ4v) is 0.220. The maximum Gasteiger partial charge on any atom is 0.108 e. The smallest absolute Gasteiger partial charge is 0.108 e. The average molecular weight is 104 g/mol. The molecule has 7 heavy (non-hydrogen) atoms. The third-order valence-corrected chi connectivity index (χ3v) is 0.433. The van der Waals surface area contributed by atoms with Crippen molar-refractivity contribution >= 4 is 0 Å². The van der Waals surface area contributed by atoms with Crippen LogP contribution in [0.1, 0.15) is 0 Å². The Morgan fingerprint density at radius 2 is 2.14 bits per heavy atom. The zero-order valence-corrected chi connectivity index (χ0v) is 4.68. The number of hydrogen-bond acceptors (Lipinski definition) is 2. The van der Waals surface area contributed by atoms with Crippen LogP contribution in [-0.4, -0.2) is 32.4 Å². The van der Waals surface area contributed by atoms with E-state index < -0.39 is 0 Å². The Balaban J connectivity index is 2.68. The highest BCUT2D eigenvalue weighted by Gasteiger charge is 1.84. The normalized spacial score (nSPS) is 10.3. The van der Waals surface area contributed by atoms with Crippen LogP contribution in [0.3, 0.4) is 0 Å². The van der Waals surface area contributed by atoms with E-state index in [0.717, 1.165) is 0 Å². The summed E-state index contributed by atoms with van der Waals surface area (Å²) in [6.45, 7) is 0.102. The SMILES string of the molecule is CN(C)OCC[O]. The van der Waals surface area contributed by atoms with Crippen LogP contribution in [0.2, 0.25) is 0 Å². The van der Waals surface area contributed by atoms with Gasteiger partial charge < -0.3 is 0 Å². The highest BCUT2D eigenvalue weighted by Crippen LogP contribution is 1.74. The molecule has 0 aromatic rings. The van der Waals surface area contributed by atoms with Gasteiger partial charge in [0.15, 0.2) is 0 Å². The third-order valence-electron chi connectivity index (χ3n) is 0.433. The van der Waals surface area contributed by atoms with E-state index in [4.69, 9.17) is 4.84 Å². The zero-order valence-electron chi connectivity index (χ0n) is 4.68. The lowest BCUT2D eigenvalue weighted by Gasteiger charge is -2.06. The molecule has 0 spiro atoms. The number of nitrogens with zero attached hydrogens (tertiary/aromatic N) is 1. The summed E-state index contributed by atoms with van der Waals surface area (Å²) in [6, 6.07) is 0. The van der Waals surface area contributed by atoms with E-state index in [9.17, 15) is 5.11 Å². The van der Waals surface area contributed by atoms with Gasteiger partial charge in [0.05, 0.1) is 6.61 Å². The highest BCUT2D eigenvalue weighted by molar-refractivity contribution is 4.16. The molecule has 0 heterocycles. The van der Waals surface area contributed by atoms with Crippen molar-refractivity contribution in [2.24, 2.45) is 0 Å². The van der Waals surface area contributed by atoms with Gasteiger partial charge in [-0.2, -0.15) is 5.06 Å². The van der Waals surface area contributed by atoms with Crippen molar-refractivity contribution in [2.75, 3.05) is 27.3 Å². The van der Waals surface area contributed by atoms with Crippen LogP contribution in [0.5, 0.6) is 0 Å². The van der Waals surface area contributed by atoms with Gasteiger partial charge >= 0.3 is 0 Å². The van der Waals surface area contributed by atoms with Crippen molar-refractivity contribution in [3.05, 3.63) is 0 Å². The summed E-state index contributed by atoms with van der Waals surface area (Å²) < 4.78 is 0. The quantitative estimate of drug-likeness (QED) is 0.469. The van der Waals surface area contributed by atoms with E-state index in [1.807, 2.05) is 0 Å². The number of rotatable bonds is 3. The van der Waals surface area contributed by atoms with Gasteiger partial charge in [0.2, 0.25) is 0 Å². The molecule has 0 N–H and O–H groups in total. The Morgan fingerprint density at radius 1 is 1.57 bits per heavy atom. The molecule has 1 radical (unpaired) electrons. The van der Waals surface area contributed by atoms with Gasteiger partial charge in [-0.3, -0.25) is 4.84 Å². The first-order valence-corrected chi connectivity index (χ1v) is 2.15. The highest BCUT2D eigenvalue weighted by atomic mass is 16.7. The molecule has 0 saturated carbocycles. The standard InChI is InChI=1S/C4H10NO2/c1-5(2)7-4-3-6/h3-4H2,1-2H3. The van der Waals surface area contributed by atoms with Gasteiger partial charge in [0.1, 0.15) is 6.61 Å². The summed E-state index contributed by atoms with van der Waals surface area (Å²) in [5, 5.41) is 11.2. The lowest BCUT2D eigenvalue weighted by atomic mass is 10.8. The Morgan fingerprint density at radius 3 is 2.29 bits per heavy atom. The van der Waals surface area contributed by atoms with E-state index in [1.54, 1.807) is 14.1 Å². The molecule has 3 nitrogen and oxygen atoms in total. The second-order valence-corrected chi connectivity index (χ2v) is 1.35. The molecule has 0 aliphatic carbocycles. The Hall–Kier alpha value is -0.120. The van der Waals surface area contributed by atoms with Gasteiger partial charge in [-0.25, -0.2) is 5.11 Å². The first-order chi connectivity index (χ1) is 3.27. The molecular weight excluding hydrogens is 94.0 g/mol. The van der Waals surface area contributed by atoms with Crippen molar-refractivity contribution in [2.45, 2.75) is 0 Å². The van der Waals surface area contributed by atoms with Crippen molar-refractivity contribution in [1.29, 1.82) is 0 Å². The summed E-state index contributed by atoms with van der Waals surface area (Å²) in [5.41, 5.74) is 0. The predicted octanol–water partition coefficient (Wildman–Crippen LogP) is -0.0899. The maximum atomic E-state index is 9.68. The molecule has 0 aliphatic heterocycles. The molecule has 0 bridgehead atoms.